The lowest BCUT2D eigenvalue weighted by molar-refractivity contribution is 0.111. The molecular formula is C18H28ClIN4O3. The van der Waals surface area contributed by atoms with Gasteiger partial charge in [-0.05, 0) is 31.9 Å². The van der Waals surface area contributed by atoms with Crippen LogP contribution in [0.5, 0.6) is 5.75 Å². The maximum Gasteiger partial charge on any atom is 0.409 e. The molecule has 1 unspecified atom stereocenters. The monoisotopic (exact) mass is 510 g/mol. The third-order valence-corrected chi connectivity index (χ3v) is 4.53. The molecule has 1 fully saturated rings. The minimum absolute atomic E-state index is 0. The molecule has 0 saturated carbocycles. The molecule has 1 aromatic rings. The lowest BCUT2D eigenvalue weighted by Crippen LogP contribution is -2.50. The van der Waals surface area contributed by atoms with Crippen LogP contribution in [0.1, 0.15) is 19.8 Å². The molecule has 7 nitrogen and oxygen atoms in total. The van der Waals surface area contributed by atoms with Gasteiger partial charge in [0.25, 0.3) is 0 Å². The summed E-state index contributed by atoms with van der Waals surface area (Å²) >= 11 is 6.11. The van der Waals surface area contributed by atoms with Gasteiger partial charge in [0.15, 0.2) is 5.96 Å². The van der Waals surface area contributed by atoms with E-state index in [4.69, 9.17) is 21.1 Å². The highest BCUT2D eigenvalue weighted by Crippen LogP contribution is 2.24. The number of nitrogens with zero attached hydrogens (tertiary/aromatic N) is 2. The number of benzene rings is 1. The van der Waals surface area contributed by atoms with Crippen molar-refractivity contribution < 1.29 is 14.3 Å². The van der Waals surface area contributed by atoms with Crippen molar-refractivity contribution in [1.29, 1.82) is 0 Å². The number of piperidine rings is 1. The van der Waals surface area contributed by atoms with Crippen LogP contribution in [-0.4, -0.2) is 62.9 Å². The molecule has 0 radical (unpaired) electrons. The van der Waals surface area contributed by atoms with Gasteiger partial charge in [0, 0.05) is 26.2 Å². The number of para-hydroxylation sites is 1. The molecule has 0 aliphatic carbocycles. The Labute approximate surface area is 182 Å². The van der Waals surface area contributed by atoms with Crippen LogP contribution < -0.4 is 15.4 Å². The van der Waals surface area contributed by atoms with Crippen LogP contribution >= 0.6 is 35.6 Å². The van der Waals surface area contributed by atoms with Crippen molar-refractivity contribution in [2.75, 3.05) is 33.8 Å². The van der Waals surface area contributed by atoms with E-state index in [1.807, 2.05) is 25.1 Å². The molecule has 0 spiro atoms. The number of nitrogens with one attached hydrogen (secondary N) is 2. The molecule has 1 aliphatic heterocycles. The highest BCUT2D eigenvalue weighted by atomic mass is 127. The largest absolute Gasteiger partial charge is 0.487 e. The van der Waals surface area contributed by atoms with E-state index >= 15 is 0 Å². The van der Waals surface area contributed by atoms with Crippen molar-refractivity contribution in [3.63, 3.8) is 0 Å². The number of carbonyl (C=O) groups excluding carboxylic acids is 1. The van der Waals surface area contributed by atoms with Crippen LogP contribution in [0.3, 0.4) is 0 Å². The zero-order chi connectivity index (χ0) is 18.9. The Bertz CT molecular complexity index is 624. The average molecular weight is 511 g/mol. The van der Waals surface area contributed by atoms with Crippen LogP contribution in [-0.2, 0) is 4.74 Å². The van der Waals surface area contributed by atoms with E-state index in [-0.39, 0.29) is 42.2 Å². The van der Waals surface area contributed by atoms with Crippen molar-refractivity contribution in [3.05, 3.63) is 29.3 Å². The summed E-state index contributed by atoms with van der Waals surface area (Å²) in [5.41, 5.74) is 0. The van der Waals surface area contributed by atoms with Gasteiger partial charge in [0.2, 0.25) is 0 Å². The Morgan fingerprint density at radius 2 is 2.04 bits per heavy atom. The summed E-state index contributed by atoms with van der Waals surface area (Å²) in [6.07, 6.45) is 1.36. The third-order valence-electron chi connectivity index (χ3n) is 4.21. The normalized spacial score (nSPS) is 16.1. The van der Waals surface area contributed by atoms with E-state index < -0.39 is 0 Å². The van der Waals surface area contributed by atoms with Gasteiger partial charge in [0.05, 0.1) is 18.7 Å². The number of carbonyl (C=O) groups is 1. The van der Waals surface area contributed by atoms with Gasteiger partial charge in [-0.15, -0.1) is 24.0 Å². The zero-order valence-electron chi connectivity index (χ0n) is 15.9. The molecule has 0 bridgehead atoms. The molecular weight excluding hydrogens is 483 g/mol. The highest BCUT2D eigenvalue weighted by molar-refractivity contribution is 14.0. The van der Waals surface area contributed by atoms with E-state index in [1.165, 1.54) is 7.11 Å². The number of aliphatic imine (C=N–C) groups is 1. The van der Waals surface area contributed by atoms with Crippen molar-refractivity contribution >= 4 is 47.6 Å². The molecule has 2 rings (SSSR count). The molecule has 1 heterocycles. The molecule has 1 saturated heterocycles. The maximum atomic E-state index is 11.5. The number of hydrogen-bond donors (Lipinski definition) is 2. The van der Waals surface area contributed by atoms with Crippen molar-refractivity contribution in [1.82, 2.24) is 15.5 Å². The third kappa shape index (κ3) is 7.61. The second-order valence-electron chi connectivity index (χ2n) is 6.19. The number of methoxy groups -OCH3 is 1. The van der Waals surface area contributed by atoms with E-state index in [2.05, 4.69) is 15.6 Å². The standard InChI is InChI=1S/C18H27ClN4O3.HI/c1-13(26-16-7-5-4-6-15(16)19)12-21-17(20-2)22-14-8-10-23(11-9-14)18(24)25-3;/h4-7,13-14H,8-12H2,1-3H3,(H2,20,21,22);1H. The number of guanidine groups is 1. The fourth-order valence-electron chi connectivity index (χ4n) is 2.76. The summed E-state index contributed by atoms with van der Waals surface area (Å²) < 4.78 is 10.6. The Hall–Kier alpha value is -1.42. The average Bonchev–Trinajstić information content (AvgIpc) is 2.66. The second-order valence-corrected chi connectivity index (χ2v) is 6.59. The van der Waals surface area contributed by atoms with Gasteiger partial charge >= 0.3 is 6.09 Å². The molecule has 1 atom stereocenters. The number of rotatable bonds is 5. The molecule has 1 aromatic carbocycles. The Morgan fingerprint density at radius 3 is 2.63 bits per heavy atom. The first-order chi connectivity index (χ1) is 12.5. The lowest BCUT2D eigenvalue weighted by Gasteiger charge is -2.32. The Morgan fingerprint density at radius 1 is 1.37 bits per heavy atom. The van der Waals surface area contributed by atoms with Gasteiger partial charge < -0.3 is 25.0 Å². The van der Waals surface area contributed by atoms with Gasteiger partial charge in [-0.3, -0.25) is 4.99 Å². The molecule has 2 N–H and O–H groups in total. The number of amides is 1. The van der Waals surface area contributed by atoms with E-state index in [0.29, 0.717) is 30.4 Å². The van der Waals surface area contributed by atoms with Crippen molar-refractivity contribution in [2.45, 2.75) is 31.9 Å². The number of likely N-dealkylation sites (tertiary alicyclic amines) is 1. The van der Waals surface area contributed by atoms with Crippen molar-refractivity contribution in [2.24, 2.45) is 4.99 Å². The minimum Gasteiger partial charge on any atom is -0.487 e. The number of ether oxygens (including phenoxy) is 2. The predicted molar refractivity (Wildman–Crippen MR) is 118 cm³/mol. The molecule has 27 heavy (non-hydrogen) atoms. The molecule has 0 aromatic heterocycles. The predicted octanol–water partition coefficient (Wildman–Crippen LogP) is 3.12. The quantitative estimate of drug-likeness (QED) is 0.362. The second kappa shape index (κ2) is 12.1. The van der Waals surface area contributed by atoms with Gasteiger partial charge in [0.1, 0.15) is 11.9 Å². The molecule has 9 heteroatoms. The van der Waals surface area contributed by atoms with Crippen molar-refractivity contribution in [3.8, 4) is 5.75 Å². The molecule has 152 valence electrons. The summed E-state index contributed by atoms with van der Waals surface area (Å²) in [4.78, 5) is 17.5. The molecule has 1 aliphatic rings. The van der Waals surface area contributed by atoms with Gasteiger partial charge in [-0.25, -0.2) is 4.79 Å². The fraction of sp³-hybridized carbons (Fsp3) is 0.556. The zero-order valence-corrected chi connectivity index (χ0v) is 19.0. The lowest BCUT2D eigenvalue weighted by atomic mass is 10.1. The summed E-state index contributed by atoms with van der Waals surface area (Å²) in [5, 5.41) is 7.26. The van der Waals surface area contributed by atoms with Crippen LogP contribution in [0.25, 0.3) is 0 Å². The SMILES string of the molecule is CN=C(NCC(C)Oc1ccccc1Cl)NC1CCN(C(=O)OC)CC1.I. The van der Waals surface area contributed by atoms with E-state index in [0.717, 1.165) is 18.8 Å². The first-order valence-electron chi connectivity index (χ1n) is 8.74. The van der Waals surface area contributed by atoms with E-state index in [9.17, 15) is 4.79 Å². The number of halogens is 2. The summed E-state index contributed by atoms with van der Waals surface area (Å²) in [6.45, 7) is 3.91. The highest BCUT2D eigenvalue weighted by Gasteiger charge is 2.23. The summed E-state index contributed by atoms with van der Waals surface area (Å²) in [5.74, 6) is 1.39. The van der Waals surface area contributed by atoms with Crippen LogP contribution in [0.4, 0.5) is 4.79 Å². The Kier molecular flexibility index (Phi) is 10.6. The first kappa shape index (κ1) is 23.6. The van der Waals surface area contributed by atoms with E-state index in [1.54, 1.807) is 18.0 Å². The van der Waals surface area contributed by atoms with Gasteiger partial charge in [-0.2, -0.15) is 0 Å². The number of hydrogen-bond acceptors (Lipinski definition) is 4. The molecule has 1 amide bonds. The fourth-order valence-corrected chi connectivity index (χ4v) is 2.94. The summed E-state index contributed by atoms with van der Waals surface area (Å²) in [7, 11) is 3.14. The Balaban J connectivity index is 0.00000364. The first-order valence-corrected chi connectivity index (χ1v) is 9.12. The smallest absolute Gasteiger partial charge is 0.409 e. The minimum atomic E-state index is -0.267. The summed E-state index contributed by atoms with van der Waals surface area (Å²) in [6, 6.07) is 7.68. The topological polar surface area (TPSA) is 75.2 Å². The van der Waals surface area contributed by atoms with Crippen LogP contribution in [0.15, 0.2) is 29.3 Å². The maximum absolute atomic E-state index is 11.5. The van der Waals surface area contributed by atoms with Gasteiger partial charge in [-0.1, -0.05) is 23.7 Å². The van der Waals surface area contributed by atoms with Crippen LogP contribution in [0, 0.1) is 0 Å². The van der Waals surface area contributed by atoms with Crippen LogP contribution in [0.2, 0.25) is 5.02 Å².